The van der Waals surface area contributed by atoms with Crippen molar-refractivity contribution in [3.8, 4) is 0 Å². The van der Waals surface area contributed by atoms with Crippen LogP contribution in [0.4, 0.5) is 5.13 Å². The molecule has 3 aromatic rings. The van der Waals surface area contributed by atoms with E-state index < -0.39 is 0 Å². The Kier molecular flexibility index (Phi) is 7.51. The summed E-state index contributed by atoms with van der Waals surface area (Å²) in [6.45, 7) is 4.74. The second-order valence-corrected chi connectivity index (χ2v) is 10.2. The van der Waals surface area contributed by atoms with Crippen LogP contribution in [-0.4, -0.2) is 52.4 Å². The number of rotatable bonds is 7. The number of carbonyl (C=O) groups excluding carboxylic acids is 1. The van der Waals surface area contributed by atoms with Crippen LogP contribution in [0.2, 0.25) is 0 Å². The molecule has 5 rings (SSSR count). The second-order valence-electron chi connectivity index (χ2n) is 9.49. The van der Waals surface area contributed by atoms with E-state index in [1.807, 2.05) is 18.2 Å². The number of hydrogen-bond acceptors (Lipinski definition) is 6. The first-order valence-electron chi connectivity index (χ1n) is 12.4. The third kappa shape index (κ3) is 6.02. The van der Waals surface area contributed by atoms with E-state index in [1.165, 1.54) is 22.7 Å². The molecule has 1 N–H and O–H groups in total. The van der Waals surface area contributed by atoms with Crippen LogP contribution in [-0.2, 0) is 17.8 Å². The van der Waals surface area contributed by atoms with Crippen LogP contribution in [0.1, 0.15) is 42.6 Å². The fourth-order valence-corrected chi connectivity index (χ4v) is 5.70. The zero-order valence-corrected chi connectivity index (χ0v) is 20.4. The van der Waals surface area contributed by atoms with Crippen molar-refractivity contribution in [2.45, 2.75) is 44.7 Å². The van der Waals surface area contributed by atoms with Gasteiger partial charge in [-0.05, 0) is 36.8 Å². The average Bonchev–Trinajstić information content (AvgIpc) is 3.35. The number of piperidine rings is 2. The third-order valence-electron chi connectivity index (χ3n) is 6.91. The van der Waals surface area contributed by atoms with Gasteiger partial charge in [0, 0.05) is 56.7 Å². The minimum Gasteiger partial charge on any atom is -0.353 e. The molecule has 0 radical (unpaired) electrons. The van der Waals surface area contributed by atoms with Gasteiger partial charge in [0.1, 0.15) is 5.82 Å². The molecule has 0 saturated carbocycles. The van der Waals surface area contributed by atoms with Gasteiger partial charge in [0.05, 0.1) is 5.92 Å². The number of carbonyl (C=O) groups is 1. The highest BCUT2D eigenvalue weighted by atomic mass is 32.1. The Morgan fingerprint density at radius 2 is 1.65 bits per heavy atom. The van der Waals surface area contributed by atoms with Crippen molar-refractivity contribution in [3.05, 3.63) is 77.6 Å². The van der Waals surface area contributed by atoms with E-state index in [-0.39, 0.29) is 17.9 Å². The number of aromatic nitrogens is 2. The van der Waals surface area contributed by atoms with E-state index in [9.17, 15) is 4.79 Å². The molecular formula is C27H33N5OS. The van der Waals surface area contributed by atoms with Gasteiger partial charge in [-0.3, -0.25) is 9.69 Å². The van der Waals surface area contributed by atoms with Gasteiger partial charge in [-0.2, -0.15) is 4.37 Å². The summed E-state index contributed by atoms with van der Waals surface area (Å²) in [5.74, 6) is 1.10. The smallest absolute Gasteiger partial charge is 0.225 e. The molecule has 1 amide bonds. The van der Waals surface area contributed by atoms with Crippen molar-refractivity contribution in [2.75, 3.05) is 31.1 Å². The van der Waals surface area contributed by atoms with Gasteiger partial charge in [-0.25, -0.2) is 4.98 Å². The van der Waals surface area contributed by atoms with E-state index in [0.717, 1.165) is 75.8 Å². The molecule has 1 atom stereocenters. The first kappa shape index (κ1) is 23.0. The zero-order valence-electron chi connectivity index (χ0n) is 19.6. The lowest BCUT2D eigenvalue weighted by Crippen LogP contribution is -2.49. The van der Waals surface area contributed by atoms with Crippen LogP contribution in [0.5, 0.6) is 0 Å². The minimum absolute atomic E-state index is 0.0255. The Morgan fingerprint density at radius 1 is 0.941 bits per heavy atom. The highest BCUT2D eigenvalue weighted by molar-refractivity contribution is 7.09. The second kappa shape index (κ2) is 11.1. The average molecular weight is 476 g/mol. The summed E-state index contributed by atoms with van der Waals surface area (Å²) in [4.78, 5) is 22.6. The first-order chi connectivity index (χ1) is 16.7. The van der Waals surface area contributed by atoms with Crippen LogP contribution in [0, 0.1) is 5.92 Å². The lowest BCUT2D eigenvalue weighted by molar-refractivity contribution is -0.126. The summed E-state index contributed by atoms with van der Waals surface area (Å²) in [6.07, 6.45) is 4.76. The normalized spacial score (nSPS) is 19.8. The predicted octanol–water partition coefficient (Wildman–Crippen LogP) is 4.13. The highest BCUT2D eigenvalue weighted by Gasteiger charge is 2.30. The molecule has 2 aliphatic rings. The maximum Gasteiger partial charge on any atom is 0.225 e. The van der Waals surface area contributed by atoms with Gasteiger partial charge >= 0.3 is 0 Å². The van der Waals surface area contributed by atoms with E-state index in [1.54, 1.807) is 0 Å². The predicted molar refractivity (Wildman–Crippen MR) is 137 cm³/mol. The monoisotopic (exact) mass is 475 g/mol. The molecule has 3 heterocycles. The summed E-state index contributed by atoms with van der Waals surface area (Å²) < 4.78 is 4.57. The van der Waals surface area contributed by atoms with Crippen molar-refractivity contribution < 1.29 is 4.79 Å². The lowest BCUT2D eigenvalue weighted by Gasteiger charge is -2.35. The lowest BCUT2D eigenvalue weighted by atomic mass is 9.96. The number of nitrogens with zero attached hydrogens (tertiary/aromatic N) is 4. The molecule has 34 heavy (non-hydrogen) atoms. The summed E-state index contributed by atoms with van der Waals surface area (Å²) >= 11 is 1.45. The molecule has 6 nitrogen and oxygen atoms in total. The Hall–Kier alpha value is -2.77. The van der Waals surface area contributed by atoms with Crippen molar-refractivity contribution in [1.82, 2.24) is 19.6 Å². The van der Waals surface area contributed by atoms with Crippen LogP contribution < -0.4 is 10.2 Å². The zero-order chi connectivity index (χ0) is 23.2. The fraction of sp³-hybridized carbons (Fsp3) is 0.444. The quantitative estimate of drug-likeness (QED) is 0.557. The Bertz CT molecular complexity index is 1050. The van der Waals surface area contributed by atoms with Gasteiger partial charge in [0.15, 0.2) is 0 Å². The van der Waals surface area contributed by atoms with Gasteiger partial charge in [-0.1, -0.05) is 60.7 Å². The van der Waals surface area contributed by atoms with Crippen molar-refractivity contribution in [1.29, 1.82) is 0 Å². The van der Waals surface area contributed by atoms with Crippen LogP contribution in [0.3, 0.4) is 0 Å². The van der Waals surface area contributed by atoms with Gasteiger partial charge in [0.2, 0.25) is 11.0 Å². The molecule has 1 aromatic heterocycles. The molecule has 2 saturated heterocycles. The maximum absolute atomic E-state index is 13.1. The molecule has 0 spiro atoms. The Balaban J connectivity index is 1.10. The number of benzene rings is 2. The van der Waals surface area contributed by atoms with E-state index in [4.69, 9.17) is 4.98 Å². The Morgan fingerprint density at radius 3 is 2.38 bits per heavy atom. The maximum atomic E-state index is 13.1. The van der Waals surface area contributed by atoms with E-state index in [2.05, 4.69) is 62.0 Å². The van der Waals surface area contributed by atoms with Crippen molar-refractivity contribution in [2.24, 2.45) is 5.92 Å². The van der Waals surface area contributed by atoms with Crippen LogP contribution >= 0.6 is 11.5 Å². The summed E-state index contributed by atoms with van der Waals surface area (Å²) in [5, 5.41) is 4.30. The van der Waals surface area contributed by atoms with Crippen molar-refractivity contribution >= 4 is 22.6 Å². The molecule has 178 valence electrons. The molecule has 2 aromatic carbocycles. The minimum atomic E-state index is 0.0255. The molecule has 2 fully saturated rings. The Labute approximate surface area is 206 Å². The summed E-state index contributed by atoms with van der Waals surface area (Å²) in [5.41, 5.74) is 2.58. The topological polar surface area (TPSA) is 61.4 Å². The van der Waals surface area contributed by atoms with Gasteiger partial charge in [-0.15, -0.1) is 0 Å². The molecule has 1 unspecified atom stereocenters. The number of amides is 1. The van der Waals surface area contributed by atoms with Crippen molar-refractivity contribution in [3.63, 3.8) is 0 Å². The van der Waals surface area contributed by atoms with E-state index in [0.29, 0.717) is 0 Å². The summed E-state index contributed by atoms with van der Waals surface area (Å²) in [7, 11) is 0. The third-order valence-corrected chi connectivity index (χ3v) is 7.72. The fourth-order valence-electron chi connectivity index (χ4n) is 4.98. The largest absolute Gasteiger partial charge is 0.353 e. The molecule has 2 aliphatic heterocycles. The van der Waals surface area contributed by atoms with Crippen LogP contribution in [0.25, 0.3) is 0 Å². The number of likely N-dealkylation sites (tertiary alicyclic amines) is 1. The number of nitrogens with one attached hydrogen (secondary N) is 1. The standard InChI is InChI=1S/C27H33N5OS/c33-26(28-24-13-16-31(17-14-24)19-22-10-5-2-6-11-22)23-12-7-15-32(20-23)27-29-25(30-34-27)18-21-8-3-1-4-9-21/h1-6,8-11,23-24H,7,12-20H2,(H,28,33). The first-order valence-corrected chi connectivity index (χ1v) is 13.2. The van der Waals surface area contributed by atoms with E-state index >= 15 is 0 Å². The molecule has 7 heteroatoms. The summed E-state index contributed by atoms with van der Waals surface area (Å²) in [6, 6.07) is 21.2. The highest BCUT2D eigenvalue weighted by Crippen LogP contribution is 2.26. The van der Waals surface area contributed by atoms with Crippen LogP contribution in [0.15, 0.2) is 60.7 Å². The molecular weight excluding hydrogens is 442 g/mol. The number of anilines is 1. The molecule has 0 bridgehead atoms. The van der Waals surface area contributed by atoms with Gasteiger partial charge in [0.25, 0.3) is 0 Å². The number of hydrogen-bond donors (Lipinski definition) is 1. The molecule has 0 aliphatic carbocycles. The SMILES string of the molecule is O=C(NC1CCN(Cc2ccccc2)CC1)C1CCCN(c2nc(Cc3ccccc3)ns2)C1. The van der Waals surface area contributed by atoms with Gasteiger partial charge < -0.3 is 10.2 Å².